The van der Waals surface area contributed by atoms with E-state index in [0.29, 0.717) is 11.3 Å². The summed E-state index contributed by atoms with van der Waals surface area (Å²) in [4.78, 5) is 4.70. The highest BCUT2D eigenvalue weighted by Crippen LogP contribution is 2.43. The maximum atomic E-state index is 9.56. The van der Waals surface area contributed by atoms with E-state index < -0.39 is 0 Å². The second-order valence-electron chi connectivity index (χ2n) is 6.04. The highest BCUT2D eigenvalue weighted by Gasteiger charge is 2.43. The van der Waals surface area contributed by atoms with Crippen molar-refractivity contribution in [3.8, 4) is 6.07 Å². The van der Waals surface area contributed by atoms with Gasteiger partial charge in [0.15, 0.2) is 4.34 Å². The van der Waals surface area contributed by atoms with Gasteiger partial charge in [-0.05, 0) is 44.2 Å². The number of hydrogen-bond donors (Lipinski definition) is 1. The van der Waals surface area contributed by atoms with Gasteiger partial charge in [0.1, 0.15) is 5.54 Å². The summed E-state index contributed by atoms with van der Waals surface area (Å²) in [6.07, 6.45) is 5.50. The minimum Gasteiger partial charge on any atom is -0.297 e. The number of fused-ring (bicyclic) bond motifs is 1. The molecule has 2 unspecified atom stereocenters. The highest BCUT2D eigenvalue weighted by atomic mass is 32.2. The van der Waals surface area contributed by atoms with Crippen molar-refractivity contribution in [2.75, 3.05) is 0 Å². The molecule has 2 aromatic rings. The van der Waals surface area contributed by atoms with Crippen LogP contribution in [0.3, 0.4) is 0 Å². The molecule has 1 aromatic carbocycles. The molecule has 0 aliphatic heterocycles. The predicted octanol–water partition coefficient (Wildman–Crippen LogP) is 3.96. The first kappa shape index (κ1) is 13.6. The molecule has 3 nitrogen and oxygen atoms in total. The van der Waals surface area contributed by atoms with Gasteiger partial charge >= 0.3 is 0 Å². The number of nitrogens with one attached hydrogen (secondary N) is 1. The summed E-state index contributed by atoms with van der Waals surface area (Å²) >= 11 is 3.63. The predicted molar refractivity (Wildman–Crippen MR) is 87.6 cm³/mol. The quantitative estimate of drug-likeness (QED) is 0.928. The Morgan fingerprint density at radius 1 is 1.33 bits per heavy atom. The molecule has 21 heavy (non-hydrogen) atoms. The molecule has 0 bridgehead atoms. The van der Waals surface area contributed by atoms with Gasteiger partial charge in [-0.2, -0.15) is 5.26 Å². The fraction of sp³-hybridized carbons (Fsp3) is 0.500. The van der Waals surface area contributed by atoms with Crippen LogP contribution in [0.4, 0.5) is 0 Å². The second-order valence-corrected chi connectivity index (χ2v) is 8.62. The molecule has 1 aromatic heterocycles. The molecular weight excluding hydrogens is 298 g/mol. The van der Waals surface area contributed by atoms with Crippen molar-refractivity contribution >= 4 is 33.3 Å². The number of aromatic nitrogens is 1. The van der Waals surface area contributed by atoms with Crippen LogP contribution in [0.15, 0.2) is 28.6 Å². The van der Waals surface area contributed by atoms with E-state index in [0.717, 1.165) is 29.1 Å². The second kappa shape index (κ2) is 5.28. The minimum absolute atomic E-state index is 0.282. The average molecular weight is 315 g/mol. The van der Waals surface area contributed by atoms with Crippen molar-refractivity contribution in [1.29, 1.82) is 5.26 Å². The van der Waals surface area contributed by atoms with Crippen molar-refractivity contribution in [3.05, 3.63) is 24.3 Å². The summed E-state index contributed by atoms with van der Waals surface area (Å²) in [5.74, 6) is 0. The fourth-order valence-corrected chi connectivity index (χ4v) is 5.63. The van der Waals surface area contributed by atoms with E-state index in [1.54, 1.807) is 11.3 Å². The molecule has 108 valence electrons. The largest absolute Gasteiger partial charge is 0.297 e. The zero-order valence-electron chi connectivity index (χ0n) is 11.7. The summed E-state index contributed by atoms with van der Waals surface area (Å²) in [5, 5.41) is 13.6. The van der Waals surface area contributed by atoms with Gasteiger partial charge in [-0.25, -0.2) is 4.98 Å². The Balaban J connectivity index is 1.46. The topological polar surface area (TPSA) is 48.7 Å². The normalized spacial score (nSPS) is 28.8. The number of hydrogen-bond acceptors (Lipinski definition) is 5. The Kier molecular flexibility index (Phi) is 3.41. The summed E-state index contributed by atoms with van der Waals surface area (Å²) in [6, 6.07) is 11.4. The molecular formula is C16H17N3S2. The molecule has 2 aliphatic carbocycles. The number of thioether (sulfide) groups is 1. The van der Waals surface area contributed by atoms with Crippen LogP contribution in [0, 0.1) is 11.3 Å². The third-order valence-corrected chi connectivity index (χ3v) is 6.68. The van der Waals surface area contributed by atoms with Gasteiger partial charge < -0.3 is 0 Å². The first-order valence-electron chi connectivity index (χ1n) is 7.48. The molecule has 4 rings (SSSR count). The Morgan fingerprint density at radius 3 is 2.95 bits per heavy atom. The van der Waals surface area contributed by atoms with E-state index in [4.69, 9.17) is 4.98 Å². The average Bonchev–Trinajstić information content (AvgIpc) is 3.07. The van der Waals surface area contributed by atoms with Crippen molar-refractivity contribution in [2.45, 2.75) is 53.3 Å². The van der Waals surface area contributed by atoms with Crippen LogP contribution in [0.2, 0.25) is 0 Å². The van der Waals surface area contributed by atoms with Gasteiger partial charge in [-0.15, -0.1) is 11.3 Å². The monoisotopic (exact) mass is 315 g/mol. The Morgan fingerprint density at radius 2 is 2.19 bits per heavy atom. The molecule has 2 saturated carbocycles. The number of benzene rings is 1. The maximum Gasteiger partial charge on any atom is 0.151 e. The Labute approximate surface area is 132 Å². The van der Waals surface area contributed by atoms with Gasteiger partial charge in [0, 0.05) is 11.3 Å². The molecule has 0 spiro atoms. The Bertz CT molecular complexity index is 668. The van der Waals surface area contributed by atoms with Gasteiger partial charge in [0.25, 0.3) is 0 Å². The summed E-state index contributed by atoms with van der Waals surface area (Å²) < 4.78 is 2.39. The molecule has 1 N–H and O–H groups in total. The molecule has 0 amide bonds. The van der Waals surface area contributed by atoms with Gasteiger partial charge in [-0.1, -0.05) is 23.9 Å². The maximum absolute atomic E-state index is 9.56. The lowest BCUT2D eigenvalue weighted by Crippen LogP contribution is -2.43. The molecule has 2 atom stereocenters. The highest BCUT2D eigenvalue weighted by molar-refractivity contribution is 8.01. The zero-order valence-corrected chi connectivity index (χ0v) is 13.3. The van der Waals surface area contributed by atoms with Crippen LogP contribution in [-0.4, -0.2) is 21.8 Å². The zero-order chi connectivity index (χ0) is 14.3. The van der Waals surface area contributed by atoms with E-state index in [1.165, 1.54) is 17.5 Å². The van der Waals surface area contributed by atoms with Gasteiger partial charge in [0.2, 0.25) is 0 Å². The lowest BCUT2D eigenvalue weighted by atomic mass is 10.00. The van der Waals surface area contributed by atoms with E-state index in [2.05, 4.69) is 29.6 Å². The minimum atomic E-state index is -0.282. The summed E-state index contributed by atoms with van der Waals surface area (Å²) in [6.45, 7) is 0. The standard InChI is InChI=1S/C16H17N3S2/c17-10-16(19-11-5-6-11)8-7-12(9-16)20-15-18-13-3-1-2-4-14(13)21-15/h1-4,11-12,19H,5-9H2. The van der Waals surface area contributed by atoms with Gasteiger partial charge in [0.05, 0.1) is 16.3 Å². The van der Waals surface area contributed by atoms with E-state index in [-0.39, 0.29) is 5.54 Å². The van der Waals surface area contributed by atoms with Gasteiger partial charge in [-0.3, -0.25) is 5.32 Å². The number of nitriles is 1. The lowest BCUT2D eigenvalue weighted by molar-refractivity contribution is 0.420. The van der Waals surface area contributed by atoms with Crippen LogP contribution in [0.5, 0.6) is 0 Å². The summed E-state index contributed by atoms with van der Waals surface area (Å²) in [7, 11) is 0. The molecule has 0 saturated heterocycles. The van der Waals surface area contributed by atoms with Crippen LogP contribution in [-0.2, 0) is 0 Å². The third-order valence-electron chi connectivity index (χ3n) is 4.28. The molecule has 2 aliphatic rings. The third kappa shape index (κ3) is 2.80. The van der Waals surface area contributed by atoms with Crippen LogP contribution >= 0.6 is 23.1 Å². The van der Waals surface area contributed by atoms with Crippen LogP contribution < -0.4 is 5.32 Å². The SMILES string of the molecule is N#CC1(NC2CC2)CCC(Sc2nc3ccccc3s2)C1. The molecule has 1 heterocycles. The van der Waals surface area contributed by atoms with Crippen LogP contribution in [0.25, 0.3) is 10.2 Å². The summed E-state index contributed by atoms with van der Waals surface area (Å²) in [5.41, 5.74) is 0.806. The van der Waals surface area contributed by atoms with E-state index in [1.807, 2.05) is 17.8 Å². The van der Waals surface area contributed by atoms with Crippen molar-refractivity contribution in [2.24, 2.45) is 0 Å². The van der Waals surface area contributed by atoms with Crippen molar-refractivity contribution in [3.63, 3.8) is 0 Å². The number of rotatable bonds is 4. The van der Waals surface area contributed by atoms with Crippen molar-refractivity contribution in [1.82, 2.24) is 10.3 Å². The fourth-order valence-electron chi connectivity index (χ4n) is 3.03. The number of para-hydroxylation sites is 1. The molecule has 5 heteroatoms. The smallest absolute Gasteiger partial charge is 0.151 e. The van der Waals surface area contributed by atoms with Crippen LogP contribution in [0.1, 0.15) is 32.1 Å². The van der Waals surface area contributed by atoms with E-state index >= 15 is 0 Å². The lowest BCUT2D eigenvalue weighted by Gasteiger charge is -2.22. The first-order chi connectivity index (χ1) is 10.3. The Hall–Kier alpha value is -1.09. The molecule has 2 fully saturated rings. The van der Waals surface area contributed by atoms with E-state index in [9.17, 15) is 5.26 Å². The number of thiazole rings is 1. The van der Waals surface area contributed by atoms with Crippen molar-refractivity contribution < 1.29 is 0 Å². The number of nitrogens with zero attached hydrogens (tertiary/aromatic N) is 2. The first-order valence-corrected chi connectivity index (χ1v) is 9.17. The molecule has 0 radical (unpaired) electrons.